The summed E-state index contributed by atoms with van der Waals surface area (Å²) in [4.78, 5) is 18.1. The number of ether oxygens (including phenoxy) is 1. The molecule has 1 fully saturated rings. The van der Waals surface area contributed by atoms with Crippen molar-refractivity contribution < 1.29 is 14.6 Å². The largest absolute Gasteiger partial charge is 0.497 e. The summed E-state index contributed by atoms with van der Waals surface area (Å²) in [7, 11) is 1.68. The minimum Gasteiger partial charge on any atom is -0.497 e. The van der Waals surface area contributed by atoms with Gasteiger partial charge in [0.1, 0.15) is 5.75 Å². The lowest BCUT2D eigenvalue weighted by Gasteiger charge is -2.38. The number of piperidine rings is 1. The molecule has 1 aromatic carbocycles. The van der Waals surface area contributed by atoms with Gasteiger partial charge in [0.25, 0.3) is 0 Å². The molecule has 1 N–H and O–H groups in total. The number of hydrogen-bond acceptors (Lipinski definition) is 6. The third-order valence-electron chi connectivity index (χ3n) is 6.88. The van der Waals surface area contributed by atoms with Crippen molar-refractivity contribution in [3.05, 3.63) is 60.0 Å². The van der Waals surface area contributed by atoms with E-state index in [0.717, 1.165) is 61.0 Å². The average Bonchev–Trinajstić information content (AvgIpc) is 2.88. The van der Waals surface area contributed by atoms with Crippen LogP contribution in [0.4, 0.5) is 0 Å². The molecule has 1 aliphatic rings. The summed E-state index contributed by atoms with van der Waals surface area (Å²) in [6, 6.07) is 9.96. The van der Waals surface area contributed by atoms with Crippen LogP contribution in [0.15, 0.2) is 48.9 Å². The molecule has 0 bridgehead atoms. The summed E-state index contributed by atoms with van der Waals surface area (Å²) in [5.41, 5.74) is 3.13. The number of benzene rings is 1. The van der Waals surface area contributed by atoms with Crippen molar-refractivity contribution in [2.75, 3.05) is 26.7 Å². The van der Waals surface area contributed by atoms with Crippen molar-refractivity contribution >= 4 is 16.9 Å². The van der Waals surface area contributed by atoms with E-state index in [1.807, 2.05) is 24.4 Å². The number of likely N-dealkylation sites (tertiary alicyclic amines) is 1. The first-order valence-electron chi connectivity index (χ1n) is 12.2. The molecule has 1 saturated heterocycles. The third kappa shape index (κ3) is 7.00. The Balaban J connectivity index is 1.35. The highest BCUT2D eigenvalue weighted by Gasteiger charge is 2.28. The fourth-order valence-electron chi connectivity index (χ4n) is 5.02. The van der Waals surface area contributed by atoms with Crippen LogP contribution in [-0.4, -0.2) is 57.9 Å². The van der Waals surface area contributed by atoms with E-state index in [1.165, 1.54) is 5.56 Å². The van der Waals surface area contributed by atoms with E-state index in [2.05, 4.69) is 44.1 Å². The normalized spacial score (nSPS) is 18.1. The van der Waals surface area contributed by atoms with Gasteiger partial charge in [-0.3, -0.25) is 14.7 Å². The maximum atomic E-state index is 11.3. The molecule has 0 spiro atoms. The monoisotopic (exact) mass is 472 g/mol. The molecular weight excluding hydrogens is 440 g/mol. The number of carboxylic acids is 1. The van der Waals surface area contributed by atoms with E-state index in [1.54, 1.807) is 19.5 Å². The lowest BCUT2D eigenvalue weighted by molar-refractivity contribution is -0.137. The smallest absolute Gasteiger partial charge is 0.303 e. The number of carboxylic acid groups (broad SMARTS) is 1. The highest BCUT2D eigenvalue weighted by molar-refractivity contribution is 5.83. The van der Waals surface area contributed by atoms with Crippen LogP contribution in [0.25, 0.3) is 10.9 Å². The maximum absolute atomic E-state index is 11.3. The predicted octanol–water partition coefficient (Wildman–Crippen LogP) is 4.21. The number of methoxy groups -OCH3 is 1. The molecule has 3 aromatic rings. The number of aromatic nitrogens is 3. The van der Waals surface area contributed by atoms with Crippen LogP contribution < -0.4 is 4.74 Å². The van der Waals surface area contributed by atoms with Crippen LogP contribution in [0.3, 0.4) is 0 Å². The SMILES string of the molecule is COc1ccc2nccc(CCCC3CCN(CC#Cc4ccnnc4)CC3CCC(=O)O)c2c1. The van der Waals surface area contributed by atoms with Crippen LogP contribution in [-0.2, 0) is 11.2 Å². The zero-order valence-electron chi connectivity index (χ0n) is 20.2. The summed E-state index contributed by atoms with van der Waals surface area (Å²) in [5.74, 6) is 7.41. The summed E-state index contributed by atoms with van der Waals surface area (Å²) in [5, 5.41) is 18.0. The van der Waals surface area contributed by atoms with E-state index in [0.29, 0.717) is 24.8 Å². The van der Waals surface area contributed by atoms with Crippen LogP contribution in [0.2, 0.25) is 0 Å². The van der Waals surface area contributed by atoms with Gasteiger partial charge < -0.3 is 9.84 Å². The van der Waals surface area contributed by atoms with Gasteiger partial charge in [-0.25, -0.2) is 0 Å². The molecule has 2 atom stereocenters. The second-order valence-corrected chi connectivity index (χ2v) is 9.15. The van der Waals surface area contributed by atoms with Gasteiger partial charge in [-0.1, -0.05) is 11.8 Å². The van der Waals surface area contributed by atoms with E-state index in [-0.39, 0.29) is 6.42 Å². The quantitative estimate of drug-likeness (QED) is 0.467. The zero-order chi connectivity index (χ0) is 24.5. The number of rotatable bonds is 9. The van der Waals surface area contributed by atoms with Gasteiger partial charge >= 0.3 is 5.97 Å². The van der Waals surface area contributed by atoms with Gasteiger partial charge in [-0.2, -0.15) is 10.2 Å². The van der Waals surface area contributed by atoms with Crippen LogP contribution in [0, 0.1) is 23.7 Å². The highest BCUT2D eigenvalue weighted by atomic mass is 16.5. The van der Waals surface area contributed by atoms with Gasteiger partial charge in [-0.15, -0.1) is 0 Å². The molecule has 2 aromatic heterocycles. The predicted molar refractivity (Wildman–Crippen MR) is 135 cm³/mol. The Morgan fingerprint density at radius 2 is 2.09 bits per heavy atom. The van der Waals surface area contributed by atoms with Crippen molar-refractivity contribution in [3.63, 3.8) is 0 Å². The molecule has 1 aliphatic heterocycles. The third-order valence-corrected chi connectivity index (χ3v) is 6.88. The lowest BCUT2D eigenvalue weighted by atomic mass is 9.79. The Morgan fingerprint density at radius 1 is 1.17 bits per heavy atom. The number of aryl methyl sites for hydroxylation is 1. The first-order chi connectivity index (χ1) is 17.1. The molecule has 0 radical (unpaired) electrons. The Kier molecular flexibility index (Phi) is 8.63. The Hall–Kier alpha value is -3.50. The van der Waals surface area contributed by atoms with E-state index in [9.17, 15) is 9.90 Å². The Bertz CT molecular complexity index is 1190. The molecule has 182 valence electrons. The van der Waals surface area contributed by atoms with Crippen LogP contribution in [0.5, 0.6) is 5.75 Å². The number of fused-ring (bicyclic) bond motifs is 1. The van der Waals surface area contributed by atoms with Gasteiger partial charge in [0.05, 0.1) is 31.6 Å². The minimum absolute atomic E-state index is 0.220. The number of hydrogen-bond donors (Lipinski definition) is 1. The van der Waals surface area contributed by atoms with Crippen molar-refractivity contribution in [1.82, 2.24) is 20.1 Å². The van der Waals surface area contributed by atoms with E-state index >= 15 is 0 Å². The Labute approximate surface area is 206 Å². The van der Waals surface area contributed by atoms with Gasteiger partial charge in [0.15, 0.2) is 0 Å². The number of carbonyl (C=O) groups is 1. The molecule has 0 aliphatic carbocycles. The minimum atomic E-state index is -0.719. The molecule has 0 saturated carbocycles. The second-order valence-electron chi connectivity index (χ2n) is 9.15. The topological polar surface area (TPSA) is 88.4 Å². The van der Waals surface area contributed by atoms with Gasteiger partial charge in [0.2, 0.25) is 0 Å². The number of aliphatic carboxylic acids is 1. The summed E-state index contributed by atoms with van der Waals surface area (Å²) in [6.07, 6.45) is 10.3. The molecular formula is C28H32N4O3. The van der Waals surface area contributed by atoms with Crippen molar-refractivity contribution in [2.45, 2.75) is 38.5 Å². The second kappa shape index (κ2) is 12.3. The van der Waals surface area contributed by atoms with Gasteiger partial charge in [-0.05, 0) is 86.4 Å². The first-order valence-corrected chi connectivity index (χ1v) is 12.2. The molecule has 3 heterocycles. The molecule has 2 unspecified atom stereocenters. The first kappa shape index (κ1) is 24.6. The Morgan fingerprint density at radius 3 is 2.89 bits per heavy atom. The van der Waals surface area contributed by atoms with E-state index < -0.39 is 5.97 Å². The average molecular weight is 473 g/mol. The maximum Gasteiger partial charge on any atom is 0.303 e. The number of nitrogens with zero attached hydrogens (tertiary/aromatic N) is 4. The molecule has 4 rings (SSSR count). The number of pyridine rings is 1. The summed E-state index contributed by atoms with van der Waals surface area (Å²) in [6.45, 7) is 2.58. The molecule has 0 amide bonds. The van der Waals surface area contributed by atoms with Crippen LogP contribution in [0.1, 0.15) is 43.2 Å². The zero-order valence-corrected chi connectivity index (χ0v) is 20.2. The molecule has 35 heavy (non-hydrogen) atoms. The molecule has 7 heteroatoms. The molecule has 7 nitrogen and oxygen atoms in total. The van der Waals surface area contributed by atoms with Crippen LogP contribution >= 0.6 is 0 Å². The fraction of sp³-hybridized carbons (Fsp3) is 0.429. The highest BCUT2D eigenvalue weighted by Crippen LogP contribution is 2.32. The standard InChI is InChI=1S/C28H32N4O3/c1-35-25-8-9-27-26(18-25)23(12-14-29-27)6-2-5-22-13-17-32(20-24(22)7-10-28(33)34)16-3-4-21-11-15-30-31-19-21/h8-9,11-12,14-15,18-19,22,24H,2,5-7,10,13,16-17,20H2,1H3,(H,33,34). The van der Waals surface area contributed by atoms with Crippen molar-refractivity contribution in [1.29, 1.82) is 0 Å². The van der Waals surface area contributed by atoms with Crippen molar-refractivity contribution in [3.8, 4) is 17.6 Å². The van der Waals surface area contributed by atoms with Crippen molar-refractivity contribution in [2.24, 2.45) is 11.8 Å². The van der Waals surface area contributed by atoms with Gasteiger partial charge in [0, 0.05) is 30.1 Å². The fourth-order valence-corrected chi connectivity index (χ4v) is 5.02. The summed E-state index contributed by atoms with van der Waals surface area (Å²) >= 11 is 0. The summed E-state index contributed by atoms with van der Waals surface area (Å²) < 4.78 is 5.40. The lowest BCUT2D eigenvalue weighted by Crippen LogP contribution is -2.41. The van der Waals surface area contributed by atoms with E-state index in [4.69, 9.17) is 4.74 Å².